The Morgan fingerprint density at radius 2 is 2.05 bits per heavy atom. The van der Waals surface area contributed by atoms with Crippen molar-refractivity contribution in [2.24, 2.45) is 0 Å². The molecule has 1 aromatic rings. The highest BCUT2D eigenvalue weighted by atomic mass is 16.3. The first-order chi connectivity index (χ1) is 9.99. The number of aromatic hydroxyl groups is 1. The van der Waals surface area contributed by atoms with Crippen LogP contribution < -0.4 is 10.6 Å². The molecule has 0 bridgehead atoms. The Labute approximate surface area is 120 Å². The predicted molar refractivity (Wildman–Crippen MR) is 73.5 cm³/mol. The van der Waals surface area contributed by atoms with E-state index in [-0.39, 0.29) is 30.1 Å². The number of nitrogens with zero attached hydrogens (tertiary/aromatic N) is 1. The molecule has 110 valence electrons. The van der Waals surface area contributed by atoms with Crippen LogP contribution >= 0.6 is 0 Å². The average Bonchev–Trinajstić information content (AvgIpc) is 2.40. The number of anilines is 1. The fourth-order valence-electron chi connectivity index (χ4n) is 2.84. The monoisotopic (exact) mass is 289 g/mol. The lowest BCUT2D eigenvalue weighted by Crippen LogP contribution is -2.60. The molecule has 0 saturated carbocycles. The summed E-state index contributed by atoms with van der Waals surface area (Å²) >= 11 is 0. The van der Waals surface area contributed by atoms with Gasteiger partial charge in [-0.05, 0) is 25.5 Å². The van der Waals surface area contributed by atoms with E-state index < -0.39 is 24.0 Å². The number of rotatable bonds is 1. The third-order valence-electron chi connectivity index (χ3n) is 3.82. The summed E-state index contributed by atoms with van der Waals surface area (Å²) in [5.74, 6) is -1.35. The Bertz CT molecular complexity index is 643. The maximum atomic E-state index is 12.6. The number of phenolic OH excluding ortho intramolecular Hbond substituents is 1. The number of benzene rings is 1. The Morgan fingerprint density at radius 1 is 1.29 bits per heavy atom. The number of hydrogen-bond donors (Lipinski definition) is 3. The van der Waals surface area contributed by atoms with Crippen molar-refractivity contribution in [3.8, 4) is 5.75 Å². The van der Waals surface area contributed by atoms with Crippen molar-refractivity contribution in [3.05, 3.63) is 23.8 Å². The number of hydrogen-bond acceptors (Lipinski definition) is 5. The summed E-state index contributed by atoms with van der Waals surface area (Å²) in [6.07, 6.45) is 0.0714. The molecule has 2 aliphatic heterocycles. The van der Waals surface area contributed by atoms with Crippen LogP contribution in [0.1, 0.15) is 30.1 Å². The van der Waals surface area contributed by atoms with Crippen LogP contribution in [0.5, 0.6) is 5.75 Å². The van der Waals surface area contributed by atoms with E-state index in [9.17, 15) is 19.5 Å². The van der Waals surface area contributed by atoms with E-state index in [1.165, 1.54) is 11.0 Å². The molecule has 0 aliphatic carbocycles. The SMILES string of the molecule is CC1Nc2cccc(O)c2C(=O)N1C1CCC(=O)NC1=O. The van der Waals surface area contributed by atoms with Crippen molar-refractivity contribution in [2.45, 2.75) is 32.0 Å². The van der Waals surface area contributed by atoms with Gasteiger partial charge in [-0.15, -0.1) is 0 Å². The van der Waals surface area contributed by atoms with E-state index in [4.69, 9.17) is 0 Å². The molecule has 1 fully saturated rings. The van der Waals surface area contributed by atoms with Crippen LogP contribution in [0, 0.1) is 0 Å². The first-order valence-corrected chi connectivity index (χ1v) is 6.74. The standard InChI is InChI=1S/C14H15N3O4/c1-7-15-8-3-2-4-10(18)12(8)14(21)17(7)9-5-6-11(19)16-13(9)20/h2-4,7,9,15,18H,5-6H2,1H3,(H,16,19,20). The van der Waals surface area contributed by atoms with Gasteiger partial charge in [-0.2, -0.15) is 0 Å². The second-order valence-corrected chi connectivity index (χ2v) is 5.20. The zero-order valence-corrected chi connectivity index (χ0v) is 11.4. The number of carbonyl (C=O) groups excluding carboxylic acids is 3. The lowest BCUT2D eigenvalue weighted by Gasteiger charge is -2.41. The summed E-state index contributed by atoms with van der Waals surface area (Å²) in [5, 5.41) is 15.2. The quantitative estimate of drug-likeness (QED) is 0.650. The number of phenols is 1. The van der Waals surface area contributed by atoms with Gasteiger partial charge in [0.2, 0.25) is 11.8 Å². The van der Waals surface area contributed by atoms with Crippen LogP contribution in [0.3, 0.4) is 0 Å². The van der Waals surface area contributed by atoms with E-state index in [0.717, 1.165) is 0 Å². The second-order valence-electron chi connectivity index (χ2n) is 5.20. The molecule has 0 radical (unpaired) electrons. The van der Waals surface area contributed by atoms with Crippen molar-refractivity contribution in [2.75, 3.05) is 5.32 Å². The molecule has 1 saturated heterocycles. The number of nitrogens with one attached hydrogen (secondary N) is 2. The first-order valence-electron chi connectivity index (χ1n) is 6.74. The molecule has 2 atom stereocenters. The van der Waals surface area contributed by atoms with Gasteiger partial charge >= 0.3 is 0 Å². The summed E-state index contributed by atoms with van der Waals surface area (Å²) in [6, 6.07) is 4.05. The fraction of sp³-hybridized carbons (Fsp3) is 0.357. The van der Waals surface area contributed by atoms with Gasteiger partial charge < -0.3 is 15.3 Å². The number of carbonyl (C=O) groups is 3. The van der Waals surface area contributed by atoms with Gasteiger partial charge in [0, 0.05) is 6.42 Å². The van der Waals surface area contributed by atoms with E-state index in [1.807, 2.05) is 0 Å². The molecule has 2 heterocycles. The van der Waals surface area contributed by atoms with Gasteiger partial charge in [-0.1, -0.05) is 6.07 Å². The van der Waals surface area contributed by atoms with E-state index >= 15 is 0 Å². The van der Waals surface area contributed by atoms with Crippen LogP contribution in [-0.4, -0.2) is 39.9 Å². The maximum Gasteiger partial charge on any atom is 0.262 e. The minimum Gasteiger partial charge on any atom is -0.507 e. The first kappa shape index (κ1) is 13.4. The van der Waals surface area contributed by atoms with Gasteiger partial charge in [-0.3, -0.25) is 19.7 Å². The van der Waals surface area contributed by atoms with Crippen molar-refractivity contribution >= 4 is 23.4 Å². The molecular formula is C14H15N3O4. The van der Waals surface area contributed by atoms with Gasteiger partial charge in [0.1, 0.15) is 17.4 Å². The summed E-state index contributed by atoms with van der Waals surface area (Å²) in [4.78, 5) is 37.2. The van der Waals surface area contributed by atoms with Crippen LogP contribution in [0.4, 0.5) is 5.69 Å². The van der Waals surface area contributed by atoms with E-state index in [0.29, 0.717) is 5.69 Å². The molecule has 2 unspecified atom stereocenters. The highest BCUT2D eigenvalue weighted by molar-refractivity contribution is 6.08. The van der Waals surface area contributed by atoms with Crippen molar-refractivity contribution in [1.82, 2.24) is 10.2 Å². The number of imide groups is 1. The molecule has 7 heteroatoms. The summed E-state index contributed by atoms with van der Waals surface area (Å²) in [7, 11) is 0. The molecular weight excluding hydrogens is 274 g/mol. The molecule has 0 aromatic heterocycles. The smallest absolute Gasteiger partial charge is 0.262 e. The highest BCUT2D eigenvalue weighted by Gasteiger charge is 2.41. The molecule has 3 amide bonds. The summed E-state index contributed by atoms with van der Waals surface area (Å²) in [6.45, 7) is 1.76. The lowest BCUT2D eigenvalue weighted by molar-refractivity contribution is -0.137. The van der Waals surface area contributed by atoms with Gasteiger partial charge in [0.05, 0.1) is 11.9 Å². The average molecular weight is 289 g/mol. The topological polar surface area (TPSA) is 98.7 Å². The van der Waals surface area contributed by atoms with Crippen molar-refractivity contribution in [3.63, 3.8) is 0 Å². The third kappa shape index (κ3) is 2.10. The van der Waals surface area contributed by atoms with Crippen LogP contribution in [0.2, 0.25) is 0 Å². The Kier molecular flexibility index (Phi) is 3.04. The Balaban J connectivity index is 1.97. The van der Waals surface area contributed by atoms with Gasteiger partial charge in [0.15, 0.2) is 0 Å². The molecule has 3 rings (SSSR count). The summed E-state index contributed by atoms with van der Waals surface area (Å²) < 4.78 is 0. The predicted octanol–water partition coefficient (Wildman–Crippen LogP) is 0.411. The molecule has 3 N–H and O–H groups in total. The van der Waals surface area contributed by atoms with Gasteiger partial charge in [0.25, 0.3) is 5.91 Å². The summed E-state index contributed by atoms with van der Waals surface area (Å²) in [5.41, 5.74) is 0.691. The zero-order valence-electron chi connectivity index (χ0n) is 11.4. The number of amides is 3. The third-order valence-corrected chi connectivity index (χ3v) is 3.82. The molecule has 2 aliphatic rings. The Hall–Kier alpha value is -2.57. The van der Waals surface area contributed by atoms with E-state index in [2.05, 4.69) is 10.6 Å². The minimum atomic E-state index is -0.717. The normalized spacial score (nSPS) is 25.2. The molecule has 7 nitrogen and oxygen atoms in total. The highest BCUT2D eigenvalue weighted by Crippen LogP contribution is 2.33. The molecule has 0 spiro atoms. The van der Waals surface area contributed by atoms with Crippen LogP contribution in [0.15, 0.2) is 18.2 Å². The lowest BCUT2D eigenvalue weighted by atomic mass is 9.99. The molecule has 1 aromatic carbocycles. The van der Waals surface area contributed by atoms with E-state index in [1.54, 1.807) is 19.1 Å². The maximum absolute atomic E-state index is 12.6. The minimum absolute atomic E-state index is 0.130. The van der Waals surface area contributed by atoms with Crippen molar-refractivity contribution < 1.29 is 19.5 Å². The zero-order chi connectivity index (χ0) is 15.1. The van der Waals surface area contributed by atoms with Gasteiger partial charge in [-0.25, -0.2) is 0 Å². The van der Waals surface area contributed by atoms with Crippen LogP contribution in [0.25, 0.3) is 0 Å². The van der Waals surface area contributed by atoms with Crippen molar-refractivity contribution in [1.29, 1.82) is 0 Å². The molecule has 21 heavy (non-hydrogen) atoms. The number of fused-ring (bicyclic) bond motifs is 1. The Morgan fingerprint density at radius 3 is 2.76 bits per heavy atom. The number of piperidine rings is 1. The van der Waals surface area contributed by atoms with Crippen LogP contribution in [-0.2, 0) is 9.59 Å². The second kappa shape index (κ2) is 4.76. The largest absolute Gasteiger partial charge is 0.507 e. The fourth-order valence-corrected chi connectivity index (χ4v) is 2.84.